The van der Waals surface area contributed by atoms with Gasteiger partial charge in [0.15, 0.2) is 0 Å². The van der Waals surface area contributed by atoms with Crippen LogP contribution in [-0.4, -0.2) is 41.1 Å². The summed E-state index contributed by atoms with van der Waals surface area (Å²) in [6.45, 7) is 0.964. The predicted octanol–water partition coefficient (Wildman–Crippen LogP) is 2.24. The minimum absolute atomic E-state index is 0.0444. The number of carbonyl (C=O) groups excluding carboxylic acids is 1. The number of hydrogen-bond donors (Lipinski definition) is 2. The summed E-state index contributed by atoms with van der Waals surface area (Å²) in [6, 6.07) is 13.2. The third kappa shape index (κ3) is 6.10. The second-order valence-corrected chi connectivity index (χ2v) is 7.76. The molecule has 0 radical (unpaired) electrons. The largest absolute Gasteiger partial charge is 0.383 e. The molecule has 0 bridgehead atoms. The summed E-state index contributed by atoms with van der Waals surface area (Å²) in [4.78, 5) is 12.1. The first kappa shape index (κ1) is 20.4. The zero-order valence-electron chi connectivity index (χ0n) is 14.4. The summed E-state index contributed by atoms with van der Waals surface area (Å²) in [5.74, 6) is -0.349. The lowest BCUT2D eigenvalue weighted by molar-refractivity contribution is 0.0937. The van der Waals surface area contributed by atoms with Crippen molar-refractivity contribution in [1.82, 2.24) is 10.0 Å². The molecule has 2 N–H and O–H groups in total. The van der Waals surface area contributed by atoms with Gasteiger partial charge >= 0.3 is 0 Å². The van der Waals surface area contributed by atoms with Crippen LogP contribution in [0.4, 0.5) is 0 Å². The molecule has 2 aromatic carbocycles. The molecule has 0 heterocycles. The Morgan fingerprint density at radius 3 is 2.62 bits per heavy atom. The summed E-state index contributed by atoms with van der Waals surface area (Å²) in [5, 5.41) is 3.27. The number of carbonyl (C=O) groups is 1. The number of amides is 1. The lowest BCUT2D eigenvalue weighted by atomic mass is 10.2. The van der Waals surface area contributed by atoms with Crippen molar-refractivity contribution in [3.05, 3.63) is 64.7 Å². The van der Waals surface area contributed by atoms with E-state index in [0.29, 0.717) is 24.6 Å². The predicted molar refractivity (Wildman–Crippen MR) is 101 cm³/mol. The average molecular weight is 397 g/mol. The number of halogens is 1. The van der Waals surface area contributed by atoms with Crippen molar-refractivity contribution >= 4 is 27.5 Å². The van der Waals surface area contributed by atoms with Crippen molar-refractivity contribution in [2.75, 3.05) is 26.8 Å². The maximum atomic E-state index is 12.4. The van der Waals surface area contributed by atoms with Gasteiger partial charge in [0, 0.05) is 30.8 Å². The van der Waals surface area contributed by atoms with Crippen LogP contribution in [0.1, 0.15) is 15.9 Å². The Morgan fingerprint density at radius 2 is 1.88 bits per heavy atom. The highest BCUT2D eigenvalue weighted by atomic mass is 35.5. The van der Waals surface area contributed by atoms with E-state index < -0.39 is 10.0 Å². The summed E-state index contributed by atoms with van der Waals surface area (Å²) in [7, 11) is -2.17. The molecule has 0 atom stereocenters. The van der Waals surface area contributed by atoms with Gasteiger partial charge in [-0.2, -0.15) is 0 Å². The molecule has 0 spiro atoms. The number of sulfonamides is 1. The summed E-state index contributed by atoms with van der Waals surface area (Å²) in [6.07, 6.45) is 0.511. The minimum Gasteiger partial charge on any atom is -0.383 e. The van der Waals surface area contributed by atoms with Gasteiger partial charge in [-0.3, -0.25) is 4.79 Å². The normalized spacial score (nSPS) is 11.3. The first-order valence-electron chi connectivity index (χ1n) is 8.04. The topological polar surface area (TPSA) is 84.5 Å². The number of benzene rings is 2. The molecule has 26 heavy (non-hydrogen) atoms. The van der Waals surface area contributed by atoms with E-state index in [0.717, 1.165) is 5.56 Å². The van der Waals surface area contributed by atoms with Crippen molar-refractivity contribution in [2.45, 2.75) is 11.3 Å². The zero-order chi connectivity index (χ0) is 19.0. The van der Waals surface area contributed by atoms with Crippen LogP contribution in [-0.2, 0) is 21.2 Å². The average Bonchev–Trinajstić information content (AvgIpc) is 2.62. The molecule has 0 fully saturated rings. The second kappa shape index (κ2) is 9.68. The Morgan fingerprint density at radius 1 is 1.12 bits per heavy atom. The lowest BCUT2D eigenvalue weighted by Gasteiger charge is -2.09. The molecule has 0 aliphatic heterocycles. The molecule has 0 aromatic heterocycles. The first-order valence-corrected chi connectivity index (χ1v) is 9.90. The van der Waals surface area contributed by atoms with Gasteiger partial charge in [0.2, 0.25) is 10.0 Å². The fraction of sp³-hybridized carbons (Fsp3) is 0.278. The van der Waals surface area contributed by atoms with E-state index in [2.05, 4.69) is 10.0 Å². The molecular weight excluding hydrogens is 376 g/mol. The van der Waals surface area contributed by atoms with Gasteiger partial charge in [-0.15, -0.1) is 0 Å². The van der Waals surface area contributed by atoms with Gasteiger partial charge in [0.25, 0.3) is 5.91 Å². The fourth-order valence-corrected chi connectivity index (χ4v) is 3.57. The standard InChI is InChI=1S/C18H21ClN2O4S/c1-25-11-10-20-18(22)15-5-3-7-17(13-15)26(23,24)21-9-8-14-4-2-6-16(19)12-14/h2-7,12-13,21H,8-11H2,1H3,(H,20,22). The van der Waals surface area contributed by atoms with Crippen LogP contribution in [0.3, 0.4) is 0 Å². The van der Waals surface area contributed by atoms with Crippen LogP contribution >= 0.6 is 11.6 Å². The van der Waals surface area contributed by atoms with Crippen molar-refractivity contribution in [3.63, 3.8) is 0 Å². The van der Waals surface area contributed by atoms with Gasteiger partial charge in [-0.05, 0) is 42.3 Å². The molecule has 2 rings (SSSR count). The Balaban J connectivity index is 1.99. The van der Waals surface area contributed by atoms with Gasteiger partial charge in [-0.25, -0.2) is 13.1 Å². The molecule has 140 valence electrons. The number of methoxy groups -OCH3 is 1. The van der Waals surface area contributed by atoms with Crippen LogP contribution in [0.5, 0.6) is 0 Å². The van der Waals surface area contributed by atoms with E-state index in [1.807, 2.05) is 12.1 Å². The maximum absolute atomic E-state index is 12.4. The number of rotatable bonds is 9. The molecule has 0 aliphatic carbocycles. The number of hydrogen-bond acceptors (Lipinski definition) is 4. The van der Waals surface area contributed by atoms with Crippen LogP contribution in [0.2, 0.25) is 5.02 Å². The SMILES string of the molecule is COCCNC(=O)c1cccc(S(=O)(=O)NCCc2cccc(Cl)c2)c1. The highest BCUT2D eigenvalue weighted by Crippen LogP contribution is 2.13. The molecule has 0 aliphatic rings. The molecule has 6 nitrogen and oxygen atoms in total. The highest BCUT2D eigenvalue weighted by Gasteiger charge is 2.15. The highest BCUT2D eigenvalue weighted by molar-refractivity contribution is 7.89. The van der Waals surface area contributed by atoms with Gasteiger partial charge < -0.3 is 10.1 Å². The Hall–Kier alpha value is -1.93. The van der Waals surface area contributed by atoms with E-state index in [-0.39, 0.29) is 22.9 Å². The zero-order valence-corrected chi connectivity index (χ0v) is 15.9. The third-order valence-electron chi connectivity index (χ3n) is 3.59. The summed E-state index contributed by atoms with van der Waals surface area (Å²) >= 11 is 5.92. The van der Waals surface area contributed by atoms with Gasteiger partial charge in [0.05, 0.1) is 11.5 Å². The van der Waals surface area contributed by atoms with Crippen LogP contribution < -0.4 is 10.0 Å². The number of nitrogens with one attached hydrogen (secondary N) is 2. The fourth-order valence-electron chi connectivity index (χ4n) is 2.28. The molecule has 0 saturated heterocycles. The maximum Gasteiger partial charge on any atom is 0.251 e. The Labute approximate surface area is 158 Å². The van der Waals surface area contributed by atoms with E-state index in [9.17, 15) is 13.2 Å². The quantitative estimate of drug-likeness (QED) is 0.636. The molecule has 0 unspecified atom stereocenters. The molecule has 1 amide bonds. The Kier molecular flexibility index (Phi) is 7.59. The van der Waals surface area contributed by atoms with Crippen molar-refractivity contribution < 1.29 is 17.9 Å². The van der Waals surface area contributed by atoms with Gasteiger partial charge in [0.1, 0.15) is 0 Å². The Bertz CT molecular complexity index is 856. The van der Waals surface area contributed by atoms with Gasteiger partial charge in [-0.1, -0.05) is 29.8 Å². The van der Waals surface area contributed by atoms with Crippen LogP contribution in [0, 0.1) is 0 Å². The summed E-state index contributed by atoms with van der Waals surface area (Å²) in [5.41, 5.74) is 1.21. The molecule has 0 saturated carbocycles. The summed E-state index contributed by atoms with van der Waals surface area (Å²) < 4.78 is 32.3. The van der Waals surface area contributed by atoms with E-state index in [4.69, 9.17) is 16.3 Å². The third-order valence-corrected chi connectivity index (χ3v) is 5.29. The molecule has 8 heteroatoms. The van der Waals surface area contributed by atoms with Crippen molar-refractivity contribution in [2.24, 2.45) is 0 Å². The van der Waals surface area contributed by atoms with E-state index in [1.54, 1.807) is 18.2 Å². The monoisotopic (exact) mass is 396 g/mol. The van der Waals surface area contributed by atoms with Crippen LogP contribution in [0.25, 0.3) is 0 Å². The lowest BCUT2D eigenvalue weighted by Crippen LogP contribution is -2.28. The molecular formula is C18H21ClN2O4S. The second-order valence-electron chi connectivity index (χ2n) is 5.55. The molecule has 2 aromatic rings. The first-order chi connectivity index (χ1) is 12.4. The minimum atomic E-state index is -3.71. The van der Waals surface area contributed by atoms with Crippen molar-refractivity contribution in [3.8, 4) is 0 Å². The van der Waals surface area contributed by atoms with E-state index in [1.165, 1.54) is 25.3 Å². The van der Waals surface area contributed by atoms with Crippen LogP contribution in [0.15, 0.2) is 53.4 Å². The smallest absolute Gasteiger partial charge is 0.251 e. The van der Waals surface area contributed by atoms with E-state index >= 15 is 0 Å². The number of ether oxygens (including phenoxy) is 1. The van der Waals surface area contributed by atoms with Crippen molar-refractivity contribution in [1.29, 1.82) is 0 Å².